The SMILES string of the molecule is CC(C)(C)[C@H](CO)NC(=O)C(CCCc1ccc(-c2ccccc2)cc1)CC(=O)NO. The molecule has 6 heteroatoms. The van der Waals surface area contributed by atoms with E-state index in [0.717, 1.165) is 29.5 Å². The molecule has 31 heavy (non-hydrogen) atoms. The second-order valence-electron chi connectivity index (χ2n) is 9.00. The Morgan fingerprint density at radius 1 is 0.968 bits per heavy atom. The minimum absolute atomic E-state index is 0.0996. The number of hydrogen-bond donors (Lipinski definition) is 4. The van der Waals surface area contributed by atoms with Gasteiger partial charge in [0.15, 0.2) is 0 Å². The molecule has 0 saturated carbocycles. The van der Waals surface area contributed by atoms with E-state index in [1.807, 2.05) is 39.0 Å². The molecule has 0 spiro atoms. The highest BCUT2D eigenvalue weighted by molar-refractivity contribution is 5.85. The number of carbonyl (C=O) groups is 2. The summed E-state index contributed by atoms with van der Waals surface area (Å²) in [4.78, 5) is 24.5. The second kappa shape index (κ2) is 11.6. The molecule has 2 aromatic carbocycles. The van der Waals surface area contributed by atoms with Gasteiger partial charge in [-0.2, -0.15) is 0 Å². The Labute approximate surface area is 184 Å². The van der Waals surface area contributed by atoms with Gasteiger partial charge >= 0.3 is 0 Å². The van der Waals surface area contributed by atoms with E-state index in [0.29, 0.717) is 6.42 Å². The van der Waals surface area contributed by atoms with E-state index in [1.54, 1.807) is 5.48 Å². The highest BCUT2D eigenvalue weighted by Crippen LogP contribution is 2.22. The van der Waals surface area contributed by atoms with Crippen molar-refractivity contribution in [2.75, 3.05) is 6.61 Å². The Morgan fingerprint density at radius 2 is 1.58 bits per heavy atom. The van der Waals surface area contributed by atoms with Gasteiger partial charge in [0, 0.05) is 12.3 Å². The highest BCUT2D eigenvalue weighted by Gasteiger charge is 2.29. The first-order chi connectivity index (χ1) is 14.7. The van der Waals surface area contributed by atoms with Crippen LogP contribution in [0.5, 0.6) is 0 Å². The second-order valence-corrected chi connectivity index (χ2v) is 9.00. The number of nitrogens with one attached hydrogen (secondary N) is 2. The predicted molar refractivity (Wildman–Crippen MR) is 121 cm³/mol. The van der Waals surface area contributed by atoms with Gasteiger partial charge in [-0.1, -0.05) is 75.4 Å². The van der Waals surface area contributed by atoms with Gasteiger partial charge in [-0.25, -0.2) is 5.48 Å². The van der Waals surface area contributed by atoms with Crippen molar-refractivity contribution < 1.29 is 19.9 Å². The summed E-state index contributed by atoms with van der Waals surface area (Å²) in [5.74, 6) is -1.45. The number of aliphatic hydroxyl groups excluding tert-OH is 1. The number of hydroxylamine groups is 1. The number of aliphatic hydroxyl groups is 1. The number of benzene rings is 2. The van der Waals surface area contributed by atoms with Crippen molar-refractivity contribution in [1.29, 1.82) is 0 Å². The van der Waals surface area contributed by atoms with E-state index in [-0.39, 0.29) is 24.3 Å². The summed E-state index contributed by atoms with van der Waals surface area (Å²) in [6, 6.07) is 18.1. The van der Waals surface area contributed by atoms with E-state index in [4.69, 9.17) is 5.21 Å². The van der Waals surface area contributed by atoms with Crippen molar-refractivity contribution in [3.05, 3.63) is 60.2 Å². The maximum atomic E-state index is 12.8. The molecule has 2 rings (SSSR count). The zero-order valence-electron chi connectivity index (χ0n) is 18.6. The Hall–Kier alpha value is -2.70. The Bertz CT molecular complexity index is 829. The van der Waals surface area contributed by atoms with E-state index in [1.165, 1.54) is 0 Å². The highest BCUT2D eigenvalue weighted by atomic mass is 16.5. The van der Waals surface area contributed by atoms with Gasteiger partial charge < -0.3 is 10.4 Å². The van der Waals surface area contributed by atoms with Crippen LogP contribution in [0, 0.1) is 11.3 Å². The molecule has 168 valence electrons. The molecule has 0 aliphatic rings. The first-order valence-electron chi connectivity index (χ1n) is 10.7. The maximum Gasteiger partial charge on any atom is 0.244 e. The quantitative estimate of drug-likeness (QED) is 0.344. The van der Waals surface area contributed by atoms with Crippen LogP contribution in [0.2, 0.25) is 0 Å². The van der Waals surface area contributed by atoms with Crippen molar-refractivity contribution in [3.63, 3.8) is 0 Å². The van der Waals surface area contributed by atoms with Crippen LogP contribution in [0.1, 0.15) is 45.6 Å². The van der Waals surface area contributed by atoms with Crippen LogP contribution < -0.4 is 10.8 Å². The van der Waals surface area contributed by atoms with Crippen molar-refractivity contribution in [3.8, 4) is 11.1 Å². The third-order valence-electron chi connectivity index (χ3n) is 5.55. The van der Waals surface area contributed by atoms with Crippen molar-refractivity contribution in [2.24, 2.45) is 11.3 Å². The van der Waals surface area contributed by atoms with E-state index in [2.05, 4.69) is 41.7 Å². The molecule has 0 aliphatic carbocycles. The lowest BCUT2D eigenvalue weighted by molar-refractivity contribution is -0.135. The largest absolute Gasteiger partial charge is 0.394 e. The smallest absolute Gasteiger partial charge is 0.244 e. The van der Waals surface area contributed by atoms with Gasteiger partial charge in [0.05, 0.1) is 12.6 Å². The lowest BCUT2D eigenvalue weighted by Gasteiger charge is -2.31. The standard InChI is InChI=1S/C25H34N2O4/c1-25(2,3)22(17-28)26-24(30)21(16-23(29)27-31)11-7-8-18-12-14-20(15-13-18)19-9-5-4-6-10-19/h4-6,9-10,12-15,21-22,28,31H,7-8,11,16-17H2,1-3H3,(H,26,30)(H,27,29)/t21?,22-/m0/s1. The number of aryl methyl sites for hydroxylation is 1. The fraction of sp³-hybridized carbons (Fsp3) is 0.440. The van der Waals surface area contributed by atoms with Crippen molar-refractivity contribution >= 4 is 11.8 Å². The predicted octanol–water partition coefficient (Wildman–Crippen LogP) is 3.71. The van der Waals surface area contributed by atoms with E-state index >= 15 is 0 Å². The van der Waals surface area contributed by atoms with Crippen molar-refractivity contribution in [2.45, 2.75) is 52.5 Å². The maximum absolute atomic E-state index is 12.8. The molecule has 0 fully saturated rings. The molecular weight excluding hydrogens is 392 g/mol. The summed E-state index contributed by atoms with van der Waals surface area (Å²) in [7, 11) is 0. The number of carbonyl (C=O) groups excluding carboxylic acids is 2. The van der Waals surface area contributed by atoms with Crippen LogP contribution in [0.15, 0.2) is 54.6 Å². The molecule has 0 bridgehead atoms. The van der Waals surface area contributed by atoms with Crippen LogP contribution >= 0.6 is 0 Å². The first-order valence-corrected chi connectivity index (χ1v) is 10.7. The molecule has 4 N–H and O–H groups in total. The summed E-state index contributed by atoms with van der Waals surface area (Å²) >= 11 is 0. The molecule has 2 aromatic rings. The van der Waals surface area contributed by atoms with E-state index < -0.39 is 17.9 Å². The minimum Gasteiger partial charge on any atom is -0.394 e. The zero-order chi connectivity index (χ0) is 22.9. The lowest BCUT2D eigenvalue weighted by atomic mass is 9.86. The Morgan fingerprint density at radius 3 is 2.13 bits per heavy atom. The van der Waals surface area contributed by atoms with Gasteiger partial charge in [0.25, 0.3) is 0 Å². The van der Waals surface area contributed by atoms with Crippen LogP contribution in [-0.4, -0.2) is 34.8 Å². The average Bonchev–Trinajstić information content (AvgIpc) is 2.76. The molecule has 0 saturated heterocycles. The normalized spacial score (nSPS) is 13.3. The summed E-state index contributed by atoms with van der Waals surface area (Å²) in [5.41, 5.74) is 4.78. The fourth-order valence-electron chi connectivity index (χ4n) is 3.47. The molecule has 0 heterocycles. The fourth-order valence-corrected chi connectivity index (χ4v) is 3.47. The van der Waals surface area contributed by atoms with Gasteiger partial charge in [-0.3, -0.25) is 14.8 Å². The first kappa shape index (κ1) is 24.6. The van der Waals surface area contributed by atoms with Crippen LogP contribution in [0.4, 0.5) is 0 Å². The topological polar surface area (TPSA) is 98.7 Å². The monoisotopic (exact) mass is 426 g/mol. The van der Waals surface area contributed by atoms with Crippen LogP contribution in [-0.2, 0) is 16.0 Å². The summed E-state index contributed by atoms with van der Waals surface area (Å²) < 4.78 is 0. The molecule has 2 atom stereocenters. The minimum atomic E-state index is -0.594. The molecule has 0 aromatic heterocycles. The van der Waals surface area contributed by atoms with E-state index in [9.17, 15) is 14.7 Å². The molecule has 0 radical (unpaired) electrons. The number of hydrogen-bond acceptors (Lipinski definition) is 4. The van der Waals surface area contributed by atoms with Gasteiger partial charge in [0.1, 0.15) is 0 Å². The Kier molecular flexibility index (Phi) is 9.21. The van der Waals surface area contributed by atoms with Crippen LogP contribution in [0.25, 0.3) is 11.1 Å². The summed E-state index contributed by atoms with van der Waals surface area (Å²) in [5, 5.41) is 21.4. The third-order valence-corrected chi connectivity index (χ3v) is 5.55. The average molecular weight is 427 g/mol. The zero-order valence-corrected chi connectivity index (χ0v) is 18.6. The summed E-state index contributed by atoms with van der Waals surface area (Å²) in [6.45, 7) is 5.62. The third kappa shape index (κ3) is 7.81. The molecule has 0 aliphatic heterocycles. The van der Waals surface area contributed by atoms with Crippen LogP contribution in [0.3, 0.4) is 0 Å². The molecule has 2 amide bonds. The number of rotatable bonds is 10. The molecule has 6 nitrogen and oxygen atoms in total. The summed E-state index contributed by atoms with van der Waals surface area (Å²) in [6.07, 6.45) is 1.91. The lowest BCUT2D eigenvalue weighted by Crippen LogP contribution is -2.48. The van der Waals surface area contributed by atoms with Crippen molar-refractivity contribution in [1.82, 2.24) is 10.8 Å². The van der Waals surface area contributed by atoms with Gasteiger partial charge in [0.2, 0.25) is 11.8 Å². The van der Waals surface area contributed by atoms with Gasteiger partial charge in [-0.15, -0.1) is 0 Å². The number of amides is 2. The van der Waals surface area contributed by atoms with Gasteiger partial charge in [-0.05, 0) is 41.4 Å². The molecule has 1 unspecified atom stereocenters. The Balaban J connectivity index is 1.96. The molecular formula is C25H34N2O4.